The molecule has 0 aliphatic rings. The maximum atomic E-state index is 13.5. The molecule has 0 amide bonds. The quantitative estimate of drug-likeness (QED) is 0.774. The monoisotopic (exact) mass is 354 g/mol. The van der Waals surface area contributed by atoms with Gasteiger partial charge in [0.2, 0.25) is 0 Å². The Kier molecular flexibility index (Phi) is 2.91. The van der Waals surface area contributed by atoms with Crippen LogP contribution in [-0.2, 0) is 9.84 Å². The Bertz CT molecular complexity index is 651. The van der Waals surface area contributed by atoms with Crippen LogP contribution in [0.4, 0.5) is 4.39 Å². The Labute approximate surface area is 106 Å². The highest BCUT2D eigenvalue weighted by Gasteiger charge is 2.23. The van der Waals surface area contributed by atoms with Crippen molar-refractivity contribution in [1.29, 1.82) is 0 Å². The van der Waals surface area contributed by atoms with Crippen molar-refractivity contribution in [3.05, 3.63) is 27.8 Å². The third-order valence-electron chi connectivity index (χ3n) is 2.17. The van der Waals surface area contributed by atoms with Crippen molar-refractivity contribution in [3.63, 3.8) is 0 Å². The molecular weight excluding hydrogens is 346 g/mol. The summed E-state index contributed by atoms with van der Waals surface area (Å²) in [6.45, 7) is 1.47. The summed E-state index contributed by atoms with van der Waals surface area (Å²) in [6, 6.07) is 3.32. The van der Waals surface area contributed by atoms with Crippen LogP contribution in [0.15, 0.2) is 23.4 Å². The molecule has 2 heterocycles. The van der Waals surface area contributed by atoms with Crippen LogP contribution in [0, 0.1) is 9.52 Å². The van der Waals surface area contributed by atoms with E-state index in [1.54, 1.807) is 18.3 Å². The molecule has 4 nitrogen and oxygen atoms in total. The van der Waals surface area contributed by atoms with Gasteiger partial charge in [-0.15, -0.1) is 0 Å². The molecule has 86 valence electrons. The van der Waals surface area contributed by atoms with Crippen molar-refractivity contribution >= 4 is 38.1 Å². The van der Waals surface area contributed by atoms with Crippen molar-refractivity contribution in [3.8, 4) is 0 Å². The fourth-order valence-corrected chi connectivity index (χ4v) is 2.86. The number of aromatic nitrogens is 2. The van der Waals surface area contributed by atoms with Gasteiger partial charge in [-0.25, -0.2) is 8.42 Å². The van der Waals surface area contributed by atoms with E-state index < -0.39 is 15.8 Å². The second-order valence-corrected chi connectivity index (χ2v) is 6.63. The summed E-state index contributed by atoms with van der Waals surface area (Å²) < 4.78 is 39.0. The number of fused-ring (bicyclic) bond motifs is 1. The molecule has 0 spiro atoms. The van der Waals surface area contributed by atoms with Gasteiger partial charge in [0.05, 0.1) is 5.75 Å². The molecule has 0 fully saturated rings. The molecule has 16 heavy (non-hydrogen) atoms. The van der Waals surface area contributed by atoms with Gasteiger partial charge in [-0.05, 0) is 34.7 Å². The fourth-order valence-electron chi connectivity index (χ4n) is 1.38. The second-order valence-electron chi connectivity index (χ2n) is 3.19. The van der Waals surface area contributed by atoms with Crippen LogP contribution in [0.3, 0.4) is 0 Å². The van der Waals surface area contributed by atoms with Crippen molar-refractivity contribution < 1.29 is 12.8 Å². The summed E-state index contributed by atoms with van der Waals surface area (Å²) in [7, 11) is -3.61. The minimum atomic E-state index is -3.61. The molecule has 2 rings (SSSR count). The Morgan fingerprint density at radius 3 is 2.81 bits per heavy atom. The van der Waals surface area contributed by atoms with Gasteiger partial charge in [-0.3, -0.25) is 4.40 Å². The third-order valence-corrected chi connectivity index (χ3v) is 4.53. The average Bonchev–Trinajstić information content (AvgIpc) is 2.54. The molecule has 0 bridgehead atoms. The van der Waals surface area contributed by atoms with E-state index in [1.165, 1.54) is 11.3 Å². The van der Waals surface area contributed by atoms with Crippen LogP contribution < -0.4 is 0 Å². The number of pyridine rings is 1. The van der Waals surface area contributed by atoms with Gasteiger partial charge in [0, 0.05) is 9.77 Å². The summed E-state index contributed by atoms with van der Waals surface area (Å²) in [5.74, 6) is -1.09. The summed E-state index contributed by atoms with van der Waals surface area (Å²) in [5, 5.41) is -0.358. The normalized spacial score (nSPS) is 12.2. The zero-order chi connectivity index (χ0) is 11.9. The lowest BCUT2D eigenvalue weighted by molar-refractivity contribution is 0.539. The Morgan fingerprint density at radius 2 is 2.19 bits per heavy atom. The van der Waals surface area contributed by atoms with E-state index in [0.29, 0.717) is 5.65 Å². The van der Waals surface area contributed by atoms with Gasteiger partial charge >= 0.3 is 0 Å². The Balaban J connectivity index is 2.88. The second kappa shape index (κ2) is 3.95. The number of halogens is 2. The minimum Gasteiger partial charge on any atom is -0.287 e. The summed E-state index contributed by atoms with van der Waals surface area (Å²) in [5.41, 5.74) is 0.296. The van der Waals surface area contributed by atoms with Gasteiger partial charge in [0.15, 0.2) is 14.9 Å². The highest BCUT2D eigenvalue weighted by atomic mass is 127. The SMILES string of the molecule is CCS(=O)(=O)c1c(F)nc2ccc(I)cn12. The van der Waals surface area contributed by atoms with Crippen LogP contribution in [0.5, 0.6) is 0 Å². The lowest BCUT2D eigenvalue weighted by atomic mass is 10.5. The zero-order valence-corrected chi connectivity index (χ0v) is 11.3. The molecule has 0 saturated heterocycles. The highest BCUT2D eigenvalue weighted by molar-refractivity contribution is 14.1. The molecular formula is C9H8FIN2O2S. The van der Waals surface area contributed by atoms with Crippen LogP contribution in [0.1, 0.15) is 6.92 Å². The molecule has 0 radical (unpaired) electrons. The predicted octanol–water partition coefficient (Wildman–Crippen LogP) is 1.87. The minimum absolute atomic E-state index is 0.150. The predicted molar refractivity (Wildman–Crippen MR) is 65.6 cm³/mol. The number of nitrogens with zero attached hydrogens (tertiary/aromatic N) is 2. The molecule has 0 aliphatic heterocycles. The first-order valence-corrected chi connectivity index (χ1v) is 7.24. The standard InChI is InChI=1S/C9H8FIN2O2S/c1-2-16(14,15)9-8(10)12-7-4-3-6(11)5-13(7)9/h3-5H,2H2,1H3. The molecule has 0 aliphatic carbocycles. The van der Waals surface area contributed by atoms with E-state index in [4.69, 9.17) is 0 Å². The van der Waals surface area contributed by atoms with Crippen molar-refractivity contribution in [2.24, 2.45) is 0 Å². The van der Waals surface area contributed by atoms with E-state index in [1.807, 2.05) is 22.6 Å². The molecule has 2 aromatic rings. The Morgan fingerprint density at radius 1 is 1.50 bits per heavy atom. The number of sulfone groups is 1. The zero-order valence-electron chi connectivity index (χ0n) is 8.31. The van der Waals surface area contributed by atoms with Crippen molar-refractivity contribution in [2.75, 3.05) is 5.75 Å². The highest BCUT2D eigenvalue weighted by Crippen LogP contribution is 2.19. The first-order chi connectivity index (χ1) is 7.45. The largest absolute Gasteiger partial charge is 0.287 e. The Hall–Kier alpha value is -0.700. The van der Waals surface area contributed by atoms with Crippen LogP contribution >= 0.6 is 22.6 Å². The number of imidazole rings is 1. The lowest BCUT2D eigenvalue weighted by Crippen LogP contribution is -2.09. The first kappa shape index (κ1) is 11.8. The number of hydrogen-bond acceptors (Lipinski definition) is 3. The first-order valence-electron chi connectivity index (χ1n) is 4.51. The number of hydrogen-bond donors (Lipinski definition) is 0. The summed E-state index contributed by atoms with van der Waals surface area (Å²) in [4.78, 5) is 3.58. The van der Waals surface area contributed by atoms with Gasteiger partial charge in [0.1, 0.15) is 5.65 Å². The van der Waals surface area contributed by atoms with Gasteiger partial charge in [-0.1, -0.05) is 6.92 Å². The van der Waals surface area contributed by atoms with E-state index in [2.05, 4.69) is 4.98 Å². The summed E-state index contributed by atoms with van der Waals surface area (Å²) >= 11 is 2.03. The van der Waals surface area contributed by atoms with Crippen LogP contribution in [0.25, 0.3) is 5.65 Å². The van der Waals surface area contributed by atoms with Crippen molar-refractivity contribution in [2.45, 2.75) is 11.9 Å². The molecule has 0 saturated carbocycles. The van der Waals surface area contributed by atoms with E-state index in [9.17, 15) is 12.8 Å². The molecule has 0 aromatic carbocycles. The summed E-state index contributed by atoms with van der Waals surface area (Å²) in [6.07, 6.45) is 1.55. The molecule has 2 aromatic heterocycles. The van der Waals surface area contributed by atoms with Crippen molar-refractivity contribution in [1.82, 2.24) is 9.38 Å². The maximum absolute atomic E-state index is 13.5. The van der Waals surface area contributed by atoms with E-state index >= 15 is 0 Å². The maximum Gasteiger partial charge on any atom is 0.251 e. The fraction of sp³-hybridized carbons (Fsp3) is 0.222. The average molecular weight is 354 g/mol. The molecule has 7 heteroatoms. The molecule has 0 atom stereocenters. The van der Waals surface area contributed by atoms with E-state index in [-0.39, 0.29) is 10.8 Å². The topological polar surface area (TPSA) is 51.4 Å². The smallest absolute Gasteiger partial charge is 0.251 e. The van der Waals surface area contributed by atoms with Crippen LogP contribution in [0.2, 0.25) is 0 Å². The molecule has 0 unspecified atom stereocenters. The third kappa shape index (κ3) is 1.81. The lowest BCUT2D eigenvalue weighted by Gasteiger charge is -2.01. The van der Waals surface area contributed by atoms with Gasteiger partial charge < -0.3 is 0 Å². The van der Waals surface area contributed by atoms with Gasteiger partial charge in [0.25, 0.3) is 5.95 Å². The van der Waals surface area contributed by atoms with Crippen LogP contribution in [-0.4, -0.2) is 23.6 Å². The van der Waals surface area contributed by atoms with E-state index in [0.717, 1.165) is 3.57 Å². The van der Waals surface area contributed by atoms with Gasteiger partial charge in [-0.2, -0.15) is 9.37 Å². The molecule has 0 N–H and O–H groups in total. The number of rotatable bonds is 2.